The Bertz CT molecular complexity index is 200. The molecule has 1 unspecified atom stereocenters. The lowest BCUT2D eigenvalue weighted by Gasteiger charge is -2.30. The van der Waals surface area contributed by atoms with Gasteiger partial charge in [-0.1, -0.05) is 48.7 Å². The van der Waals surface area contributed by atoms with Crippen molar-refractivity contribution in [1.82, 2.24) is 10.3 Å². The fraction of sp³-hybridized carbons (Fsp3) is 0.857. The SMILES string of the molecule is CC(C)CN1C=NNC1C(Cl)(Cl)Cl. The molecule has 0 bridgehead atoms. The second-order valence-electron chi connectivity index (χ2n) is 3.41. The van der Waals surface area contributed by atoms with Crippen LogP contribution in [0.25, 0.3) is 0 Å². The zero-order valence-electron chi connectivity index (χ0n) is 7.47. The van der Waals surface area contributed by atoms with E-state index in [9.17, 15) is 0 Å². The molecule has 76 valence electrons. The summed E-state index contributed by atoms with van der Waals surface area (Å²) in [5, 5.41) is 3.86. The molecule has 1 aliphatic rings. The van der Waals surface area contributed by atoms with E-state index in [0.29, 0.717) is 5.92 Å². The molecule has 0 spiro atoms. The Morgan fingerprint density at radius 3 is 2.62 bits per heavy atom. The Kier molecular flexibility index (Phi) is 3.55. The van der Waals surface area contributed by atoms with Crippen LogP contribution in [0.2, 0.25) is 0 Å². The molecule has 0 aromatic rings. The molecule has 0 amide bonds. The summed E-state index contributed by atoms with van der Waals surface area (Å²) in [7, 11) is 0. The Hall–Kier alpha value is 0.140. The van der Waals surface area contributed by atoms with Crippen molar-refractivity contribution in [2.24, 2.45) is 11.0 Å². The predicted octanol–water partition coefficient (Wildman–Crippen LogP) is 2.19. The average molecular weight is 245 g/mol. The molecule has 1 heterocycles. The van der Waals surface area contributed by atoms with Crippen LogP contribution in [0.5, 0.6) is 0 Å². The van der Waals surface area contributed by atoms with Crippen molar-refractivity contribution in [2.75, 3.05) is 6.54 Å². The maximum Gasteiger partial charge on any atom is 0.230 e. The van der Waals surface area contributed by atoms with Crippen LogP contribution in [0.1, 0.15) is 13.8 Å². The molecule has 1 atom stereocenters. The first-order valence-corrected chi connectivity index (χ1v) is 5.16. The normalized spacial score (nSPS) is 22.6. The molecule has 6 heteroatoms. The number of hydrazone groups is 1. The van der Waals surface area contributed by atoms with E-state index >= 15 is 0 Å². The molecule has 1 aliphatic heterocycles. The first kappa shape index (κ1) is 11.2. The number of rotatable bonds is 2. The van der Waals surface area contributed by atoms with Gasteiger partial charge in [0, 0.05) is 6.54 Å². The fourth-order valence-electron chi connectivity index (χ4n) is 1.15. The van der Waals surface area contributed by atoms with Crippen LogP contribution in [0.15, 0.2) is 5.10 Å². The molecule has 0 fully saturated rings. The second-order valence-corrected chi connectivity index (χ2v) is 5.78. The minimum absolute atomic E-state index is 0.361. The maximum absolute atomic E-state index is 5.76. The molecule has 0 saturated heterocycles. The van der Waals surface area contributed by atoms with Gasteiger partial charge in [-0.3, -0.25) is 5.43 Å². The van der Waals surface area contributed by atoms with Crippen LogP contribution in [0.4, 0.5) is 0 Å². The minimum atomic E-state index is -1.36. The van der Waals surface area contributed by atoms with E-state index < -0.39 is 3.79 Å². The number of nitrogens with one attached hydrogen (secondary N) is 1. The molecule has 0 aliphatic carbocycles. The van der Waals surface area contributed by atoms with Crippen molar-refractivity contribution in [3.05, 3.63) is 0 Å². The van der Waals surface area contributed by atoms with Gasteiger partial charge in [0.05, 0.1) is 0 Å². The van der Waals surface area contributed by atoms with Gasteiger partial charge in [0.15, 0.2) is 6.17 Å². The van der Waals surface area contributed by atoms with Gasteiger partial charge in [0.1, 0.15) is 6.34 Å². The monoisotopic (exact) mass is 243 g/mol. The third-order valence-electron chi connectivity index (χ3n) is 1.62. The molecular weight excluding hydrogens is 232 g/mol. The van der Waals surface area contributed by atoms with E-state index in [1.165, 1.54) is 0 Å². The zero-order valence-corrected chi connectivity index (χ0v) is 9.74. The largest absolute Gasteiger partial charge is 0.336 e. The van der Waals surface area contributed by atoms with E-state index in [-0.39, 0.29) is 6.17 Å². The highest BCUT2D eigenvalue weighted by Gasteiger charge is 2.38. The molecule has 0 aromatic carbocycles. The number of nitrogens with zero attached hydrogens (tertiary/aromatic N) is 2. The van der Waals surface area contributed by atoms with Crippen molar-refractivity contribution in [3.8, 4) is 0 Å². The van der Waals surface area contributed by atoms with Crippen LogP contribution in [0.3, 0.4) is 0 Å². The quantitative estimate of drug-likeness (QED) is 0.754. The Morgan fingerprint density at radius 2 is 2.15 bits per heavy atom. The van der Waals surface area contributed by atoms with Gasteiger partial charge in [0.25, 0.3) is 0 Å². The summed E-state index contributed by atoms with van der Waals surface area (Å²) in [4.78, 5) is 1.89. The summed E-state index contributed by atoms with van der Waals surface area (Å²) in [5.74, 6) is 0.501. The van der Waals surface area contributed by atoms with Gasteiger partial charge >= 0.3 is 0 Å². The zero-order chi connectivity index (χ0) is 10.1. The van der Waals surface area contributed by atoms with Crippen LogP contribution < -0.4 is 5.43 Å². The molecule has 0 radical (unpaired) electrons. The van der Waals surface area contributed by atoms with Crippen molar-refractivity contribution >= 4 is 41.1 Å². The Labute approximate surface area is 93.0 Å². The van der Waals surface area contributed by atoms with Crippen molar-refractivity contribution in [3.63, 3.8) is 0 Å². The van der Waals surface area contributed by atoms with Crippen molar-refractivity contribution in [2.45, 2.75) is 23.8 Å². The summed E-state index contributed by atoms with van der Waals surface area (Å²) in [6.07, 6.45) is 1.30. The molecule has 1 N–H and O–H groups in total. The van der Waals surface area contributed by atoms with Crippen molar-refractivity contribution in [1.29, 1.82) is 0 Å². The van der Waals surface area contributed by atoms with Crippen molar-refractivity contribution < 1.29 is 0 Å². The van der Waals surface area contributed by atoms with Gasteiger partial charge in [-0.15, -0.1) is 0 Å². The smallest absolute Gasteiger partial charge is 0.230 e. The summed E-state index contributed by atoms with van der Waals surface area (Å²) in [5.41, 5.74) is 2.75. The molecule has 0 aromatic heterocycles. The third kappa shape index (κ3) is 3.08. The fourth-order valence-corrected chi connectivity index (χ4v) is 1.68. The van der Waals surface area contributed by atoms with Crippen LogP contribution >= 0.6 is 34.8 Å². The van der Waals surface area contributed by atoms with E-state index in [4.69, 9.17) is 34.8 Å². The number of alkyl halides is 3. The first-order valence-electron chi connectivity index (χ1n) is 4.02. The number of hydrogen-bond acceptors (Lipinski definition) is 3. The Balaban J connectivity index is 2.58. The highest BCUT2D eigenvalue weighted by molar-refractivity contribution is 6.68. The first-order chi connectivity index (χ1) is 5.91. The van der Waals surface area contributed by atoms with Gasteiger partial charge in [0.2, 0.25) is 3.79 Å². The topological polar surface area (TPSA) is 27.6 Å². The lowest BCUT2D eigenvalue weighted by molar-refractivity contribution is 0.280. The highest BCUT2D eigenvalue weighted by Crippen LogP contribution is 2.33. The van der Waals surface area contributed by atoms with Gasteiger partial charge in [-0.05, 0) is 5.92 Å². The Morgan fingerprint density at radius 1 is 1.54 bits per heavy atom. The van der Waals surface area contributed by atoms with Crippen LogP contribution in [-0.4, -0.2) is 27.7 Å². The van der Waals surface area contributed by atoms with Gasteiger partial charge in [-0.25, -0.2) is 0 Å². The van der Waals surface area contributed by atoms with Crippen LogP contribution in [0, 0.1) is 5.92 Å². The van der Waals surface area contributed by atoms with Crippen LogP contribution in [-0.2, 0) is 0 Å². The van der Waals surface area contributed by atoms with E-state index in [1.807, 2.05) is 4.90 Å². The average Bonchev–Trinajstić information content (AvgIpc) is 2.31. The van der Waals surface area contributed by atoms with Gasteiger partial charge in [-0.2, -0.15) is 5.10 Å². The lowest BCUT2D eigenvalue weighted by Crippen LogP contribution is -2.47. The van der Waals surface area contributed by atoms with E-state index in [1.54, 1.807) is 6.34 Å². The maximum atomic E-state index is 5.76. The van der Waals surface area contributed by atoms with E-state index in [2.05, 4.69) is 24.4 Å². The number of halogens is 3. The summed E-state index contributed by atoms with van der Waals surface area (Å²) < 4.78 is -1.36. The second kappa shape index (κ2) is 4.11. The molecule has 0 saturated carbocycles. The molecule has 3 nitrogen and oxygen atoms in total. The molecule has 13 heavy (non-hydrogen) atoms. The van der Waals surface area contributed by atoms with E-state index in [0.717, 1.165) is 6.54 Å². The third-order valence-corrected chi connectivity index (χ3v) is 2.24. The number of hydrogen-bond donors (Lipinski definition) is 1. The highest BCUT2D eigenvalue weighted by atomic mass is 35.6. The van der Waals surface area contributed by atoms with Gasteiger partial charge < -0.3 is 4.90 Å². The summed E-state index contributed by atoms with van der Waals surface area (Å²) in [6, 6.07) is 0. The minimum Gasteiger partial charge on any atom is -0.336 e. The molecular formula is C7H12Cl3N3. The standard InChI is InChI=1S/C7H12Cl3N3/c1-5(2)3-13-4-11-12-6(13)7(8,9)10/h4-6,12H,3H2,1-2H3. The summed E-state index contributed by atoms with van der Waals surface area (Å²) in [6.45, 7) is 5.01. The predicted molar refractivity (Wildman–Crippen MR) is 57.2 cm³/mol. The lowest BCUT2D eigenvalue weighted by atomic mass is 10.2. The summed E-state index contributed by atoms with van der Waals surface area (Å²) >= 11 is 17.3. The molecule has 1 rings (SSSR count).